The van der Waals surface area contributed by atoms with E-state index in [4.69, 9.17) is 11.5 Å². The van der Waals surface area contributed by atoms with Crippen LogP contribution >= 0.6 is 0 Å². The van der Waals surface area contributed by atoms with Crippen molar-refractivity contribution in [3.8, 4) is 33.4 Å². The molecule has 2 nitrogen and oxygen atoms in total. The summed E-state index contributed by atoms with van der Waals surface area (Å²) in [5, 5.41) is 0. The first-order valence-corrected chi connectivity index (χ1v) is 18.4. The molecule has 1 saturated carbocycles. The quantitative estimate of drug-likeness (QED) is 0.158. The Morgan fingerprint density at radius 3 is 1.37 bits per heavy atom. The molecule has 1 fully saturated rings. The van der Waals surface area contributed by atoms with Gasteiger partial charge in [-0.1, -0.05) is 75.9 Å². The van der Waals surface area contributed by atoms with Crippen LogP contribution in [0.25, 0.3) is 33.4 Å². The third-order valence-electron chi connectivity index (χ3n) is 9.97. The van der Waals surface area contributed by atoms with Gasteiger partial charge in [-0.2, -0.15) is 39.5 Å². The van der Waals surface area contributed by atoms with Crippen molar-refractivity contribution in [2.75, 3.05) is 13.1 Å². The van der Waals surface area contributed by atoms with Crippen LogP contribution in [-0.4, -0.2) is 13.1 Å². The lowest BCUT2D eigenvalue weighted by atomic mass is 9.82. The van der Waals surface area contributed by atoms with E-state index >= 15 is 0 Å². The number of alkyl halides is 9. The van der Waals surface area contributed by atoms with E-state index in [1.807, 2.05) is 0 Å². The summed E-state index contributed by atoms with van der Waals surface area (Å²) < 4.78 is 121. The second-order valence-corrected chi connectivity index (χ2v) is 14.0. The first kappa shape index (κ1) is 44.6. The second-order valence-electron chi connectivity index (χ2n) is 14.0. The third-order valence-corrected chi connectivity index (χ3v) is 9.97. The maximum absolute atomic E-state index is 13.5. The molecule has 0 aromatic heterocycles. The Kier molecular flexibility index (Phi) is 16.2. The Bertz CT molecular complexity index is 1680. The van der Waals surface area contributed by atoms with Crippen LogP contribution in [0, 0.1) is 25.7 Å². The number of benzene rings is 4. The van der Waals surface area contributed by atoms with E-state index in [-0.39, 0.29) is 27.8 Å². The van der Waals surface area contributed by atoms with Gasteiger partial charge < -0.3 is 11.5 Å². The van der Waals surface area contributed by atoms with Gasteiger partial charge >= 0.3 is 18.5 Å². The predicted octanol–water partition coefficient (Wildman–Crippen LogP) is 13.7. The summed E-state index contributed by atoms with van der Waals surface area (Å²) in [6.07, 6.45) is -3.14. The zero-order valence-corrected chi connectivity index (χ0v) is 31.3. The van der Waals surface area contributed by atoms with E-state index in [1.165, 1.54) is 93.8 Å². The van der Waals surface area contributed by atoms with Gasteiger partial charge in [0.05, 0.1) is 16.7 Å². The highest BCUT2D eigenvalue weighted by molar-refractivity contribution is 5.88. The highest BCUT2D eigenvalue weighted by Crippen LogP contribution is 2.44. The van der Waals surface area contributed by atoms with Crippen molar-refractivity contribution in [1.29, 1.82) is 0 Å². The highest BCUT2D eigenvalue weighted by Gasteiger charge is 2.33. The predicted molar refractivity (Wildman–Crippen MR) is 201 cm³/mol. The van der Waals surface area contributed by atoms with Crippen LogP contribution in [0.3, 0.4) is 0 Å². The molecule has 1 unspecified atom stereocenters. The van der Waals surface area contributed by atoms with Crippen molar-refractivity contribution in [3.05, 3.63) is 107 Å². The first-order chi connectivity index (χ1) is 25.3. The summed E-state index contributed by atoms with van der Waals surface area (Å²) in [7, 11) is 0. The van der Waals surface area contributed by atoms with Crippen molar-refractivity contribution < 1.29 is 39.5 Å². The molecular formula is C43H51F9N2. The lowest BCUT2D eigenvalue weighted by Crippen LogP contribution is -2.12. The molecule has 296 valence electrons. The lowest BCUT2D eigenvalue weighted by molar-refractivity contribution is -0.138. The fourth-order valence-corrected chi connectivity index (χ4v) is 6.38. The molecule has 11 heteroatoms. The minimum Gasteiger partial charge on any atom is -0.330 e. The van der Waals surface area contributed by atoms with Gasteiger partial charge in [0, 0.05) is 0 Å². The molecule has 0 saturated heterocycles. The van der Waals surface area contributed by atoms with Crippen LogP contribution in [0.5, 0.6) is 0 Å². The molecule has 0 radical (unpaired) electrons. The molecule has 5 rings (SSSR count). The Balaban J connectivity index is 0.000000404. The molecular weight excluding hydrogens is 715 g/mol. The molecule has 0 amide bonds. The topological polar surface area (TPSA) is 52.0 Å². The average Bonchev–Trinajstić information content (AvgIpc) is 3.10. The van der Waals surface area contributed by atoms with Gasteiger partial charge in [0.25, 0.3) is 0 Å². The van der Waals surface area contributed by atoms with Crippen LogP contribution < -0.4 is 11.5 Å². The fraction of sp³-hybridized carbons (Fsp3) is 0.442. The van der Waals surface area contributed by atoms with Crippen molar-refractivity contribution in [3.63, 3.8) is 0 Å². The van der Waals surface area contributed by atoms with Gasteiger partial charge in [-0.25, -0.2) is 0 Å². The maximum Gasteiger partial charge on any atom is 0.416 e. The molecule has 1 aliphatic carbocycles. The van der Waals surface area contributed by atoms with Gasteiger partial charge in [-0.15, -0.1) is 0 Å². The maximum atomic E-state index is 13.5. The van der Waals surface area contributed by atoms with E-state index in [2.05, 4.69) is 13.8 Å². The van der Waals surface area contributed by atoms with Gasteiger partial charge in [-0.05, 0) is 151 Å². The van der Waals surface area contributed by atoms with E-state index in [9.17, 15) is 39.5 Å². The Morgan fingerprint density at radius 1 is 0.611 bits per heavy atom. The minimum absolute atomic E-state index is 0.124. The molecule has 54 heavy (non-hydrogen) atoms. The molecule has 0 heterocycles. The number of hydrogen-bond acceptors (Lipinski definition) is 2. The van der Waals surface area contributed by atoms with E-state index < -0.39 is 35.2 Å². The number of nitrogens with two attached hydrogens (primary N) is 2. The normalized spacial score (nSPS) is 14.0. The van der Waals surface area contributed by atoms with Crippen LogP contribution in [0.4, 0.5) is 39.5 Å². The van der Waals surface area contributed by atoms with E-state index in [1.54, 1.807) is 13.8 Å². The summed E-state index contributed by atoms with van der Waals surface area (Å²) in [6, 6.07) is 14.7. The average molecular weight is 767 g/mol. The molecule has 0 spiro atoms. The fourth-order valence-electron chi connectivity index (χ4n) is 6.38. The largest absolute Gasteiger partial charge is 0.416 e. The second kappa shape index (κ2) is 19.7. The molecule has 4 aromatic carbocycles. The van der Waals surface area contributed by atoms with Crippen LogP contribution in [0.2, 0.25) is 0 Å². The van der Waals surface area contributed by atoms with Gasteiger partial charge in [0.15, 0.2) is 0 Å². The summed E-state index contributed by atoms with van der Waals surface area (Å²) in [5.41, 5.74) is 9.84. The van der Waals surface area contributed by atoms with Crippen molar-refractivity contribution in [2.24, 2.45) is 23.3 Å². The summed E-state index contributed by atoms with van der Waals surface area (Å²) >= 11 is 0. The third kappa shape index (κ3) is 12.6. The van der Waals surface area contributed by atoms with Crippen molar-refractivity contribution >= 4 is 0 Å². The molecule has 1 atom stereocenters. The van der Waals surface area contributed by atoms with Gasteiger partial charge in [0.2, 0.25) is 0 Å². The zero-order chi connectivity index (χ0) is 40.3. The number of hydrogen-bond donors (Lipinski definition) is 2. The summed E-state index contributed by atoms with van der Waals surface area (Å²) in [5.74, 6) is 1.93. The zero-order valence-electron chi connectivity index (χ0n) is 31.3. The highest BCUT2D eigenvalue weighted by atomic mass is 19.4. The molecule has 0 aliphatic heterocycles. The van der Waals surface area contributed by atoms with Crippen LogP contribution in [-0.2, 0) is 18.5 Å². The molecule has 4 N–H and O–H groups in total. The smallest absolute Gasteiger partial charge is 0.330 e. The van der Waals surface area contributed by atoms with E-state index in [0.29, 0.717) is 16.7 Å². The van der Waals surface area contributed by atoms with Crippen LogP contribution in [0.1, 0.15) is 93.0 Å². The monoisotopic (exact) mass is 766 g/mol. The lowest BCUT2D eigenvalue weighted by Gasteiger charge is -2.24. The standard InChI is InChI=1S/C29H19F9.C7H15N.C7H17N/c1-16-24(18-6-3-9-21(12-18)27(30,31)32)15-25(19-7-4-10-22(13-19)28(33,34)35)17(2)26(16)20-8-5-11-23(14-20)29(36,37)38;8-6-2-5-7-3-1-4-7;1-3-7(2)5-4-6-8/h3-15H,1-2H3;7H,1-6,8H2;7H,3-6,8H2,1-2H3. The SMILES string of the molecule is CCC(C)CCCN.Cc1c(-c2cccc(C(F)(F)F)c2)cc(-c2cccc(C(F)(F)F)c2)c(C)c1-c1cccc(C(F)(F)F)c1.NCCCC1CCC1. The molecule has 4 aromatic rings. The number of halogens is 9. The first-order valence-electron chi connectivity index (χ1n) is 18.4. The van der Waals surface area contributed by atoms with Crippen molar-refractivity contribution in [2.45, 2.75) is 97.6 Å². The van der Waals surface area contributed by atoms with Crippen molar-refractivity contribution in [1.82, 2.24) is 0 Å². The number of rotatable bonds is 10. The van der Waals surface area contributed by atoms with E-state index in [0.717, 1.165) is 61.3 Å². The summed E-state index contributed by atoms with van der Waals surface area (Å²) in [4.78, 5) is 0. The van der Waals surface area contributed by atoms with Crippen LogP contribution in [0.15, 0.2) is 78.9 Å². The summed E-state index contributed by atoms with van der Waals surface area (Å²) in [6.45, 7) is 9.36. The molecule has 1 aliphatic rings. The Hall–Kier alpha value is -3.83. The van der Waals surface area contributed by atoms with Gasteiger partial charge in [-0.3, -0.25) is 0 Å². The Labute approximate surface area is 313 Å². The van der Waals surface area contributed by atoms with Gasteiger partial charge in [0.1, 0.15) is 0 Å². The molecule has 0 bridgehead atoms. The minimum atomic E-state index is -4.65. The Morgan fingerprint density at radius 2 is 1.02 bits per heavy atom.